The molecule has 9 heteroatoms. The van der Waals surface area contributed by atoms with Gasteiger partial charge in [0.15, 0.2) is 33.9 Å². The quantitative estimate of drug-likeness (QED) is 0.645. The van der Waals surface area contributed by atoms with Gasteiger partial charge in [-0.25, -0.2) is 4.98 Å². The minimum Gasteiger partial charge on any atom is -0.493 e. The van der Waals surface area contributed by atoms with Gasteiger partial charge in [0, 0.05) is 18.6 Å². The lowest BCUT2D eigenvalue weighted by molar-refractivity contribution is 0.101. The van der Waals surface area contributed by atoms with Gasteiger partial charge in [-0.1, -0.05) is 16.5 Å². The zero-order valence-electron chi connectivity index (χ0n) is 15.2. The predicted molar refractivity (Wildman–Crippen MR) is 99.9 cm³/mol. The van der Waals surface area contributed by atoms with Crippen LogP contribution in [0.15, 0.2) is 28.8 Å². The van der Waals surface area contributed by atoms with Crippen molar-refractivity contribution in [2.24, 2.45) is 0 Å². The Labute approximate surface area is 159 Å². The van der Waals surface area contributed by atoms with E-state index in [1.165, 1.54) is 20.1 Å². The van der Waals surface area contributed by atoms with Crippen molar-refractivity contribution >= 4 is 28.2 Å². The summed E-state index contributed by atoms with van der Waals surface area (Å²) in [6, 6.07) is 6.75. The normalized spacial score (nSPS) is 10.5. The van der Waals surface area contributed by atoms with Crippen LogP contribution in [0.1, 0.15) is 32.8 Å². The van der Waals surface area contributed by atoms with Gasteiger partial charge >= 0.3 is 0 Å². The van der Waals surface area contributed by atoms with Crippen molar-refractivity contribution in [3.05, 3.63) is 40.5 Å². The number of aromatic nitrogens is 2. The van der Waals surface area contributed by atoms with Gasteiger partial charge in [-0.3, -0.25) is 14.9 Å². The molecule has 0 aliphatic heterocycles. The van der Waals surface area contributed by atoms with Gasteiger partial charge in [-0.05, 0) is 25.1 Å². The molecular weight excluding hydrogens is 370 g/mol. The number of benzene rings is 1. The highest BCUT2D eigenvalue weighted by Crippen LogP contribution is 2.32. The Morgan fingerprint density at radius 1 is 1.15 bits per heavy atom. The second kappa shape index (κ2) is 7.58. The van der Waals surface area contributed by atoms with Gasteiger partial charge in [-0.2, -0.15) is 0 Å². The molecule has 0 atom stereocenters. The molecule has 0 saturated heterocycles. The van der Waals surface area contributed by atoms with Gasteiger partial charge in [0.1, 0.15) is 0 Å². The number of nitrogens with zero attached hydrogens (tertiary/aromatic N) is 2. The summed E-state index contributed by atoms with van der Waals surface area (Å²) in [5, 5.41) is 6.76. The summed E-state index contributed by atoms with van der Waals surface area (Å²) in [7, 11) is 3.08. The molecule has 3 rings (SSSR count). The Morgan fingerprint density at radius 2 is 1.89 bits per heavy atom. The lowest BCUT2D eigenvalue weighted by Gasteiger charge is -2.07. The summed E-state index contributed by atoms with van der Waals surface area (Å²) in [6.07, 6.45) is 0. The Kier molecular flexibility index (Phi) is 5.22. The van der Waals surface area contributed by atoms with Crippen molar-refractivity contribution in [3.8, 4) is 22.8 Å². The molecule has 8 nitrogen and oxygen atoms in total. The minimum absolute atomic E-state index is 0.0945. The summed E-state index contributed by atoms with van der Waals surface area (Å²) < 4.78 is 15.7. The van der Waals surface area contributed by atoms with Crippen LogP contribution < -0.4 is 14.8 Å². The van der Waals surface area contributed by atoms with E-state index >= 15 is 0 Å². The molecule has 0 aliphatic carbocycles. The number of hydrogen-bond donors (Lipinski definition) is 1. The average Bonchev–Trinajstić information content (AvgIpc) is 3.28. The van der Waals surface area contributed by atoms with Gasteiger partial charge in [0.2, 0.25) is 0 Å². The molecule has 27 heavy (non-hydrogen) atoms. The van der Waals surface area contributed by atoms with Crippen molar-refractivity contribution in [1.82, 2.24) is 10.1 Å². The minimum atomic E-state index is -0.477. The third kappa shape index (κ3) is 3.82. The van der Waals surface area contributed by atoms with E-state index in [1.54, 1.807) is 32.2 Å². The fourth-order valence-electron chi connectivity index (χ4n) is 2.45. The number of carbonyl (C=O) groups excluding carboxylic acids is 2. The molecule has 0 saturated carbocycles. The summed E-state index contributed by atoms with van der Waals surface area (Å²) in [5.74, 6) is 0.949. The largest absolute Gasteiger partial charge is 0.493 e. The number of methoxy groups -OCH3 is 2. The summed E-state index contributed by atoms with van der Waals surface area (Å²) in [5.41, 5.74) is 1.36. The van der Waals surface area contributed by atoms with E-state index in [1.807, 2.05) is 0 Å². The molecule has 0 radical (unpaired) electrons. The van der Waals surface area contributed by atoms with E-state index in [4.69, 9.17) is 14.0 Å². The number of carbonyl (C=O) groups is 2. The van der Waals surface area contributed by atoms with E-state index in [0.717, 1.165) is 11.3 Å². The first-order chi connectivity index (χ1) is 12.9. The predicted octanol–water partition coefficient (Wildman–Crippen LogP) is 3.58. The number of ether oxygens (including phenoxy) is 2. The molecular formula is C18H17N3O5S. The molecule has 1 amide bonds. The molecule has 0 aliphatic rings. The molecule has 1 N–H and O–H groups in total. The highest BCUT2D eigenvalue weighted by molar-refractivity contribution is 7.17. The summed E-state index contributed by atoms with van der Waals surface area (Å²) >= 11 is 1.12. The number of nitrogens with one attached hydrogen (secondary N) is 1. The standard InChI is InChI=1S/C18H17N3O5S/c1-9-16(10(2)22)27-18(19-9)20-17(23)12-8-14(26-21-12)11-5-6-13(24-3)15(7-11)25-4/h5-8H,1-4H3,(H,19,20,23). The molecule has 2 heterocycles. The second-order valence-electron chi connectivity index (χ2n) is 5.59. The highest BCUT2D eigenvalue weighted by Gasteiger charge is 2.18. The van der Waals surface area contributed by atoms with Gasteiger partial charge in [-0.15, -0.1) is 0 Å². The monoisotopic (exact) mass is 387 g/mol. The number of rotatable bonds is 6. The Morgan fingerprint density at radius 3 is 2.52 bits per heavy atom. The van der Waals surface area contributed by atoms with Crippen LogP contribution >= 0.6 is 11.3 Å². The first-order valence-corrected chi connectivity index (χ1v) is 8.73. The van der Waals surface area contributed by atoms with Crippen LogP contribution in [0, 0.1) is 6.92 Å². The Hall–Kier alpha value is -3.20. The van der Waals surface area contributed by atoms with Gasteiger partial charge in [0.05, 0.1) is 24.8 Å². The molecule has 3 aromatic rings. The Balaban J connectivity index is 1.80. The van der Waals surface area contributed by atoms with Crippen LogP contribution in [0.3, 0.4) is 0 Å². The lowest BCUT2D eigenvalue weighted by atomic mass is 10.1. The lowest BCUT2D eigenvalue weighted by Crippen LogP contribution is -2.11. The van der Waals surface area contributed by atoms with Crippen LogP contribution in [-0.4, -0.2) is 36.1 Å². The zero-order valence-corrected chi connectivity index (χ0v) is 16.0. The number of Topliss-reactive ketones (excluding diaryl/α,β-unsaturated/α-hetero) is 1. The number of thiazole rings is 1. The van der Waals surface area contributed by atoms with Crippen LogP contribution in [-0.2, 0) is 0 Å². The number of amides is 1. The van der Waals surface area contributed by atoms with E-state index in [9.17, 15) is 9.59 Å². The third-order valence-corrected chi connectivity index (χ3v) is 4.92. The molecule has 140 valence electrons. The molecule has 0 unspecified atom stereocenters. The molecule has 0 spiro atoms. The van der Waals surface area contributed by atoms with Crippen molar-refractivity contribution in [1.29, 1.82) is 0 Å². The first-order valence-electron chi connectivity index (χ1n) is 7.91. The van der Waals surface area contributed by atoms with E-state index in [0.29, 0.717) is 38.5 Å². The second-order valence-corrected chi connectivity index (χ2v) is 6.59. The van der Waals surface area contributed by atoms with Gasteiger partial charge in [0.25, 0.3) is 5.91 Å². The smallest absolute Gasteiger partial charge is 0.279 e. The third-order valence-electron chi connectivity index (χ3n) is 3.75. The number of hydrogen-bond acceptors (Lipinski definition) is 8. The maximum absolute atomic E-state index is 12.4. The average molecular weight is 387 g/mol. The van der Waals surface area contributed by atoms with Crippen LogP contribution in [0.2, 0.25) is 0 Å². The Bertz CT molecular complexity index is 1010. The van der Waals surface area contributed by atoms with E-state index in [-0.39, 0.29) is 11.5 Å². The summed E-state index contributed by atoms with van der Waals surface area (Å²) in [4.78, 5) is 28.6. The zero-order chi connectivity index (χ0) is 19.6. The topological polar surface area (TPSA) is 104 Å². The van der Waals surface area contributed by atoms with E-state index < -0.39 is 5.91 Å². The molecule has 1 aromatic carbocycles. The van der Waals surface area contributed by atoms with Crippen molar-refractivity contribution in [3.63, 3.8) is 0 Å². The molecule has 0 bridgehead atoms. The fraction of sp³-hybridized carbons (Fsp3) is 0.222. The van der Waals surface area contributed by atoms with Crippen LogP contribution in [0.4, 0.5) is 5.13 Å². The van der Waals surface area contributed by atoms with Gasteiger partial charge < -0.3 is 14.0 Å². The maximum atomic E-state index is 12.4. The van der Waals surface area contributed by atoms with E-state index in [2.05, 4.69) is 15.5 Å². The maximum Gasteiger partial charge on any atom is 0.279 e. The number of ketones is 1. The van der Waals surface area contributed by atoms with Crippen LogP contribution in [0.5, 0.6) is 11.5 Å². The van der Waals surface area contributed by atoms with Crippen molar-refractivity contribution in [2.45, 2.75) is 13.8 Å². The molecule has 2 aromatic heterocycles. The number of anilines is 1. The SMILES string of the molecule is COc1ccc(-c2cc(C(=O)Nc3nc(C)c(C(C)=O)s3)no2)cc1OC. The van der Waals surface area contributed by atoms with Crippen molar-refractivity contribution in [2.75, 3.05) is 19.5 Å². The van der Waals surface area contributed by atoms with Crippen LogP contribution in [0.25, 0.3) is 11.3 Å². The summed E-state index contributed by atoms with van der Waals surface area (Å²) in [6.45, 7) is 3.17. The fourth-order valence-corrected chi connectivity index (χ4v) is 3.30. The first kappa shape index (κ1) is 18.6. The van der Waals surface area contributed by atoms with Crippen molar-refractivity contribution < 1.29 is 23.6 Å². The number of aryl methyl sites for hydroxylation is 1. The molecule has 0 fully saturated rings. The highest BCUT2D eigenvalue weighted by atomic mass is 32.1.